The minimum Gasteiger partial charge on any atom is -0.480 e. The molecule has 0 aromatic rings. The number of carbonyl (C=O) groups is 1. The van der Waals surface area contributed by atoms with E-state index in [4.69, 9.17) is 0 Å². The molecule has 0 aliphatic carbocycles. The molecule has 1 saturated heterocycles. The van der Waals surface area contributed by atoms with Gasteiger partial charge in [0.15, 0.2) is 0 Å². The van der Waals surface area contributed by atoms with Crippen molar-refractivity contribution in [3.8, 4) is 0 Å². The van der Waals surface area contributed by atoms with Gasteiger partial charge in [0.2, 0.25) is 0 Å². The van der Waals surface area contributed by atoms with Gasteiger partial charge in [0, 0.05) is 6.54 Å². The second-order valence-corrected chi connectivity index (χ2v) is 4.90. The summed E-state index contributed by atoms with van der Waals surface area (Å²) in [5.74, 6) is -0.691. The quantitative estimate of drug-likeness (QED) is 0.727. The SMILES string of the molecule is C/C=C/CN1CCCC(C)(C)C1C(=O)O. The molecule has 1 unspecified atom stereocenters. The van der Waals surface area contributed by atoms with E-state index in [9.17, 15) is 9.90 Å². The summed E-state index contributed by atoms with van der Waals surface area (Å²) in [6.07, 6.45) is 6.09. The first-order chi connectivity index (χ1) is 6.99. The second-order valence-electron chi connectivity index (χ2n) is 4.90. The van der Waals surface area contributed by atoms with Crippen LogP contribution in [-0.2, 0) is 4.79 Å². The highest BCUT2D eigenvalue weighted by Gasteiger charge is 2.41. The number of hydrogen-bond donors (Lipinski definition) is 1. The normalized spacial score (nSPS) is 27.0. The number of nitrogens with zero attached hydrogens (tertiary/aromatic N) is 1. The maximum Gasteiger partial charge on any atom is 0.321 e. The number of likely N-dealkylation sites (tertiary alicyclic amines) is 1. The van der Waals surface area contributed by atoms with E-state index in [2.05, 4.69) is 4.90 Å². The minimum atomic E-state index is -0.691. The molecule has 0 aromatic heterocycles. The van der Waals surface area contributed by atoms with Crippen molar-refractivity contribution in [1.29, 1.82) is 0 Å². The van der Waals surface area contributed by atoms with E-state index >= 15 is 0 Å². The van der Waals surface area contributed by atoms with Crippen LogP contribution in [0.4, 0.5) is 0 Å². The van der Waals surface area contributed by atoms with Crippen LogP contribution in [0, 0.1) is 5.41 Å². The second kappa shape index (κ2) is 4.79. The average molecular weight is 211 g/mol. The molecule has 0 spiro atoms. The molecule has 1 rings (SSSR count). The number of piperidine rings is 1. The van der Waals surface area contributed by atoms with Gasteiger partial charge in [-0.15, -0.1) is 0 Å². The molecule has 0 aromatic carbocycles. The van der Waals surface area contributed by atoms with Crippen molar-refractivity contribution in [2.24, 2.45) is 5.41 Å². The van der Waals surface area contributed by atoms with Crippen molar-refractivity contribution >= 4 is 5.97 Å². The van der Waals surface area contributed by atoms with Crippen LogP contribution in [0.5, 0.6) is 0 Å². The number of carboxylic acids is 1. The number of carboxylic acid groups (broad SMARTS) is 1. The molecule has 1 heterocycles. The summed E-state index contributed by atoms with van der Waals surface area (Å²) in [5.41, 5.74) is -0.119. The lowest BCUT2D eigenvalue weighted by Crippen LogP contribution is -2.54. The zero-order valence-electron chi connectivity index (χ0n) is 9.86. The third kappa shape index (κ3) is 2.81. The van der Waals surface area contributed by atoms with Crippen molar-refractivity contribution < 1.29 is 9.90 Å². The van der Waals surface area contributed by atoms with Crippen molar-refractivity contribution in [1.82, 2.24) is 4.90 Å². The predicted octanol–water partition coefficient (Wildman–Crippen LogP) is 2.14. The molecular formula is C12H21NO2. The van der Waals surface area contributed by atoms with Gasteiger partial charge in [-0.1, -0.05) is 26.0 Å². The molecular weight excluding hydrogens is 190 g/mol. The van der Waals surface area contributed by atoms with Gasteiger partial charge in [-0.05, 0) is 31.7 Å². The molecule has 15 heavy (non-hydrogen) atoms. The maximum absolute atomic E-state index is 11.3. The van der Waals surface area contributed by atoms with Crippen LogP contribution < -0.4 is 0 Å². The zero-order valence-corrected chi connectivity index (χ0v) is 9.86. The summed E-state index contributed by atoms with van der Waals surface area (Å²) in [5, 5.41) is 9.28. The fourth-order valence-corrected chi connectivity index (χ4v) is 2.43. The van der Waals surface area contributed by atoms with Crippen LogP contribution in [0.3, 0.4) is 0 Å². The third-order valence-corrected chi connectivity index (χ3v) is 3.18. The van der Waals surface area contributed by atoms with E-state index in [1.165, 1.54) is 0 Å². The smallest absolute Gasteiger partial charge is 0.321 e. The van der Waals surface area contributed by atoms with Gasteiger partial charge in [-0.2, -0.15) is 0 Å². The topological polar surface area (TPSA) is 40.5 Å². The Kier molecular flexibility index (Phi) is 3.91. The molecule has 3 heteroatoms. The Labute approximate surface area is 91.8 Å². The van der Waals surface area contributed by atoms with E-state index in [1.807, 2.05) is 32.9 Å². The summed E-state index contributed by atoms with van der Waals surface area (Å²) in [4.78, 5) is 13.3. The first kappa shape index (κ1) is 12.2. The Morgan fingerprint density at radius 3 is 2.80 bits per heavy atom. The van der Waals surface area contributed by atoms with E-state index < -0.39 is 5.97 Å². The summed E-state index contributed by atoms with van der Waals surface area (Å²) in [6, 6.07) is -0.345. The van der Waals surface area contributed by atoms with Crippen LogP contribution in [0.25, 0.3) is 0 Å². The number of rotatable bonds is 3. The van der Waals surface area contributed by atoms with E-state index in [0.717, 1.165) is 25.9 Å². The Bertz CT molecular complexity index is 258. The van der Waals surface area contributed by atoms with Crippen molar-refractivity contribution in [2.75, 3.05) is 13.1 Å². The molecule has 1 atom stereocenters. The Balaban J connectivity index is 2.80. The summed E-state index contributed by atoms with van der Waals surface area (Å²) in [6.45, 7) is 7.70. The lowest BCUT2D eigenvalue weighted by Gasteiger charge is -2.43. The largest absolute Gasteiger partial charge is 0.480 e. The van der Waals surface area contributed by atoms with Crippen molar-refractivity contribution in [2.45, 2.75) is 39.7 Å². The van der Waals surface area contributed by atoms with Crippen LogP contribution in [0.15, 0.2) is 12.2 Å². The Hall–Kier alpha value is -0.830. The lowest BCUT2D eigenvalue weighted by atomic mass is 9.76. The molecule has 1 aliphatic heterocycles. The third-order valence-electron chi connectivity index (χ3n) is 3.18. The predicted molar refractivity (Wildman–Crippen MR) is 60.8 cm³/mol. The van der Waals surface area contributed by atoms with E-state index in [-0.39, 0.29) is 11.5 Å². The van der Waals surface area contributed by atoms with Crippen molar-refractivity contribution in [3.05, 3.63) is 12.2 Å². The highest BCUT2D eigenvalue weighted by molar-refractivity contribution is 5.74. The van der Waals surface area contributed by atoms with Crippen LogP contribution >= 0.6 is 0 Å². The minimum absolute atomic E-state index is 0.119. The van der Waals surface area contributed by atoms with Crippen LogP contribution in [0.2, 0.25) is 0 Å². The van der Waals surface area contributed by atoms with Gasteiger partial charge in [0.25, 0.3) is 0 Å². The maximum atomic E-state index is 11.3. The first-order valence-electron chi connectivity index (χ1n) is 5.57. The highest BCUT2D eigenvalue weighted by Crippen LogP contribution is 2.35. The van der Waals surface area contributed by atoms with Crippen LogP contribution in [0.1, 0.15) is 33.6 Å². The fourth-order valence-electron chi connectivity index (χ4n) is 2.43. The summed E-state index contributed by atoms with van der Waals surface area (Å²) < 4.78 is 0. The molecule has 86 valence electrons. The molecule has 0 bridgehead atoms. The number of aliphatic carboxylic acids is 1. The Morgan fingerprint density at radius 1 is 1.60 bits per heavy atom. The van der Waals surface area contributed by atoms with Gasteiger partial charge < -0.3 is 5.11 Å². The summed E-state index contributed by atoms with van der Waals surface area (Å²) in [7, 11) is 0. The van der Waals surface area contributed by atoms with E-state index in [1.54, 1.807) is 0 Å². The van der Waals surface area contributed by atoms with Crippen LogP contribution in [-0.4, -0.2) is 35.1 Å². The van der Waals surface area contributed by atoms with Gasteiger partial charge in [-0.25, -0.2) is 0 Å². The number of hydrogen-bond acceptors (Lipinski definition) is 2. The van der Waals surface area contributed by atoms with Crippen molar-refractivity contribution in [3.63, 3.8) is 0 Å². The summed E-state index contributed by atoms with van der Waals surface area (Å²) >= 11 is 0. The highest BCUT2D eigenvalue weighted by atomic mass is 16.4. The van der Waals surface area contributed by atoms with Gasteiger partial charge >= 0.3 is 5.97 Å². The average Bonchev–Trinajstić information content (AvgIpc) is 2.12. The van der Waals surface area contributed by atoms with Gasteiger partial charge in [0.1, 0.15) is 6.04 Å². The van der Waals surface area contributed by atoms with Gasteiger partial charge in [0.05, 0.1) is 0 Å². The molecule has 1 aliphatic rings. The zero-order chi connectivity index (χ0) is 11.5. The van der Waals surface area contributed by atoms with E-state index in [0.29, 0.717) is 0 Å². The number of allylic oxidation sites excluding steroid dienone is 1. The monoisotopic (exact) mass is 211 g/mol. The Morgan fingerprint density at radius 2 is 2.27 bits per heavy atom. The molecule has 3 nitrogen and oxygen atoms in total. The molecule has 1 N–H and O–H groups in total. The molecule has 1 fully saturated rings. The first-order valence-corrected chi connectivity index (χ1v) is 5.57. The molecule has 0 saturated carbocycles. The molecule has 0 radical (unpaired) electrons. The molecule has 0 amide bonds. The lowest BCUT2D eigenvalue weighted by molar-refractivity contribution is -0.150. The fraction of sp³-hybridized carbons (Fsp3) is 0.750. The standard InChI is InChI=1S/C12H21NO2/c1-4-5-8-13-9-6-7-12(2,3)10(13)11(14)15/h4-5,10H,6-9H2,1-3H3,(H,14,15)/b5-4+. The van der Waals surface area contributed by atoms with Gasteiger partial charge in [-0.3, -0.25) is 9.69 Å².